The Morgan fingerprint density at radius 1 is 1.16 bits per heavy atom. The summed E-state index contributed by atoms with van der Waals surface area (Å²) in [5.74, 6) is 0.431. The van der Waals surface area contributed by atoms with Crippen molar-refractivity contribution in [3.05, 3.63) is 58.1 Å². The molecule has 2 aromatic rings. The monoisotopic (exact) mass is 478 g/mol. The van der Waals surface area contributed by atoms with Crippen LogP contribution in [0.3, 0.4) is 0 Å². The third kappa shape index (κ3) is 5.75. The number of anilines is 1. The average molecular weight is 479 g/mol. The molecule has 0 spiro atoms. The van der Waals surface area contributed by atoms with E-state index in [0.29, 0.717) is 23.7 Å². The Morgan fingerprint density at radius 3 is 2.25 bits per heavy atom. The van der Waals surface area contributed by atoms with Crippen molar-refractivity contribution in [2.24, 2.45) is 0 Å². The van der Waals surface area contributed by atoms with E-state index in [9.17, 15) is 13.2 Å². The van der Waals surface area contributed by atoms with Crippen LogP contribution in [-0.4, -0.2) is 57.0 Å². The molecule has 0 bridgehead atoms. The van der Waals surface area contributed by atoms with Crippen molar-refractivity contribution >= 4 is 33.0 Å². The molecule has 1 aliphatic heterocycles. The number of rotatable bonds is 7. The molecule has 1 fully saturated rings. The van der Waals surface area contributed by atoms with Gasteiger partial charge in [0.1, 0.15) is 5.75 Å². The normalized spacial score (nSPS) is 18.2. The van der Waals surface area contributed by atoms with Gasteiger partial charge in [-0.2, -0.15) is 0 Å². The molecule has 1 amide bonds. The van der Waals surface area contributed by atoms with Crippen LogP contribution >= 0.6 is 11.6 Å². The number of aryl methyl sites for hydroxylation is 2. The third-order valence-corrected chi connectivity index (χ3v) is 8.16. The van der Waals surface area contributed by atoms with E-state index in [4.69, 9.17) is 16.3 Å². The molecule has 32 heavy (non-hydrogen) atoms. The van der Waals surface area contributed by atoms with Gasteiger partial charge in [0.2, 0.25) is 0 Å². The predicted octanol–water partition coefficient (Wildman–Crippen LogP) is 4.01. The van der Waals surface area contributed by atoms with Gasteiger partial charge in [0.15, 0.2) is 15.9 Å². The molecule has 1 aliphatic rings. The van der Waals surface area contributed by atoms with Gasteiger partial charge < -0.3 is 14.5 Å². The largest absolute Gasteiger partial charge is 0.481 e. The second-order valence-electron chi connectivity index (χ2n) is 8.72. The minimum absolute atomic E-state index is 0.0135. The lowest BCUT2D eigenvalue weighted by atomic mass is 10.1. The molecule has 6 nitrogen and oxygen atoms in total. The van der Waals surface area contributed by atoms with Gasteiger partial charge in [0, 0.05) is 37.4 Å². The predicted molar refractivity (Wildman–Crippen MR) is 129 cm³/mol. The van der Waals surface area contributed by atoms with E-state index >= 15 is 0 Å². The molecule has 8 heteroatoms. The SMILES string of the molecule is Cc1cc(O[C@H](C)C(=O)N(Cc2ccc(N(C)C)cc2)[C@H]2CCS(=O)(=O)C2)cc(C)c1Cl. The Labute approximate surface area is 196 Å². The summed E-state index contributed by atoms with van der Waals surface area (Å²) in [5.41, 5.74) is 3.75. The molecule has 3 rings (SSSR count). The van der Waals surface area contributed by atoms with Crippen molar-refractivity contribution in [2.45, 2.75) is 45.9 Å². The Balaban J connectivity index is 1.82. The summed E-state index contributed by atoms with van der Waals surface area (Å²) in [6.07, 6.45) is -0.324. The number of halogens is 1. The van der Waals surface area contributed by atoms with E-state index in [1.165, 1.54) is 0 Å². The maximum atomic E-state index is 13.4. The zero-order valence-electron chi connectivity index (χ0n) is 19.3. The Kier molecular flexibility index (Phi) is 7.40. The minimum Gasteiger partial charge on any atom is -0.481 e. The fourth-order valence-corrected chi connectivity index (χ4v) is 5.81. The zero-order chi connectivity index (χ0) is 23.6. The first-order chi connectivity index (χ1) is 15.0. The molecule has 2 atom stereocenters. The fourth-order valence-electron chi connectivity index (χ4n) is 3.97. The molecule has 0 saturated carbocycles. The lowest BCUT2D eigenvalue weighted by Crippen LogP contribution is -2.46. The van der Waals surface area contributed by atoms with E-state index < -0.39 is 15.9 Å². The Morgan fingerprint density at radius 2 is 1.75 bits per heavy atom. The lowest BCUT2D eigenvalue weighted by Gasteiger charge is -2.31. The maximum absolute atomic E-state index is 13.4. The number of benzene rings is 2. The summed E-state index contributed by atoms with van der Waals surface area (Å²) in [6.45, 7) is 5.82. The summed E-state index contributed by atoms with van der Waals surface area (Å²) in [6, 6.07) is 11.2. The lowest BCUT2D eigenvalue weighted by molar-refractivity contribution is -0.140. The number of sulfone groups is 1. The van der Waals surface area contributed by atoms with Gasteiger partial charge >= 0.3 is 0 Å². The van der Waals surface area contributed by atoms with Crippen LogP contribution in [0.25, 0.3) is 0 Å². The minimum atomic E-state index is -3.14. The van der Waals surface area contributed by atoms with Crippen LogP contribution in [0.4, 0.5) is 5.69 Å². The van der Waals surface area contributed by atoms with Gasteiger partial charge in [-0.1, -0.05) is 23.7 Å². The average Bonchev–Trinajstić information content (AvgIpc) is 3.09. The highest BCUT2D eigenvalue weighted by atomic mass is 35.5. The second kappa shape index (κ2) is 9.71. The summed E-state index contributed by atoms with van der Waals surface area (Å²) < 4.78 is 30.2. The molecule has 2 aromatic carbocycles. The van der Waals surface area contributed by atoms with E-state index in [2.05, 4.69) is 0 Å². The fraction of sp³-hybridized carbons (Fsp3) is 0.458. The molecule has 1 saturated heterocycles. The number of carbonyl (C=O) groups is 1. The molecule has 0 radical (unpaired) electrons. The van der Waals surface area contributed by atoms with Gasteiger partial charge in [0.25, 0.3) is 5.91 Å². The van der Waals surface area contributed by atoms with Crippen LogP contribution < -0.4 is 9.64 Å². The van der Waals surface area contributed by atoms with E-state index in [1.807, 2.05) is 69.2 Å². The molecular weight excluding hydrogens is 448 g/mol. The first-order valence-electron chi connectivity index (χ1n) is 10.7. The molecule has 174 valence electrons. The quantitative estimate of drug-likeness (QED) is 0.601. The topological polar surface area (TPSA) is 66.9 Å². The molecule has 0 aromatic heterocycles. The van der Waals surface area contributed by atoms with Gasteiger partial charge in [-0.25, -0.2) is 8.42 Å². The van der Waals surface area contributed by atoms with Gasteiger partial charge in [0.05, 0.1) is 11.5 Å². The highest BCUT2D eigenvalue weighted by Gasteiger charge is 2.36. The Hall–Kier alpha value is -2.25. The summed E-state index contributed by atoms with van der Waals surface area (Å²) >= 11 is 6.24. The van der Waals surface area contributed by atoms with Crippen LogP contribution in [0.2, 0.25) is 5.02 Å². The molecular formula is C24H31ClN2O4S. The van der Waals surface area contributed by atoms with Crippen molar-refractivity contribution in [1.29, 1.82) is 0 Å². The van der Waals surface area contributed by atoms with Gasteiger partial charge in [-0.05, 0) is 68.1 Å². The summed E-state index contributed by atoms with van der Waals surface area (Å²) in [4.78, 5) is 17.1. The molecule has 1 heterocycles. The van der Waals surface area contributed by atoms with Crippen molar-refractivity contribution < 1.29 is 17.9 Å². The van der Waals surface area contributed by atoms with Crippen molar-refractivity contribution in [2.75, 3.05) is 30.5 Å². The van der Waals surface area contributed by atoms with Crippen molar-refractivity contribution in [3.63, 3.8) is 0 Å². The number of amides is 1. The van der Waals surface area contributed by atoms with E-state index in [0.717, 1.165) is 22.4 Å². The van der Waals surface area contributed by atoms with Crippen LogP contribution in [0.5, 0.6) is 5.75 Å². The molecule has 0 N–H and O–H groups in total. The smallest absolute Gasteiger partial charge is 0.263 e. The van der Waals surface area contributed by atoms with Crippen molar-refractivity contribution in [1.82, 2.24) is 4.90 Å². The van der Waals surface area contributed by atoms with Crippen LogP contribution in [-0.2, 0) is 21.2 Å². The number of ether oxygens (including phenoxy) is 1. The first kappa shape index (κ1) is 24.4. The highest BCUT2D eigenvalue weighted by molar-refractivity contribution is 7.91. The third-order valence-electron chi connectivity index (χ3n) is 5.81. The summed E-state index contributed by atoms with van der Waals surface area (Å²) in [5, 5.41) is 0.676. The first-order valence-corrected chi connectivity index (χ1v) is 12.9. The van der Waals surface area contributed by atoms with Crippen LogP contribution in [0, 0.1) is 13.8 Å². The van der Waals surface area contributed by atoms with Gasteiger partial charge in [-0.15, -0.1) is 0 Å². The number of hydrogen-bond acceptors (Lipinski definition) is 5. The Bertz CT molecular complexity index is 1060. The number of nitrogens with zero attached hydrogens (tertiary/aromatic N) is 2. The van der Waals surface area contributed by atoms with Crippen LogP contribution in [0.15, 0.2) is 36.4 Å². The summed E-state index contributed by atoms with van der Waals surface area (Å²) in [7, 11) is 0.791. The van der Waals surface area contributed by atoms with E-state index in [-0.39, 0.29) is 23.5 Å². The molecule has 0 aliphatic carbocycles. The number of hydrogen-bond donors (Lipinski definition) is 0. The van der Waals surface area contributed by atoms with Gasteiger partial charge in [-0.3, -0.25) is 4.79 Å². The van der Waals surface area contributed by atoms with Crippen LogP contribution in [0.1, 0.15) is 30.0 Å². The van der Waals surface area contributed by atoms with Crippen molar-refractivity contribution in [3.8, 4) is 5.75 Å². The van der Waals surface area contributed by atoms with E-state index in [1.54, 1.807) is 11.8 Å². The molecule has 0 unspecified atom stereocenters. The highest BCUT2D eigenvalue weighted by Crippen LogP contribution is 2.28. The second-order valence-corrected chi connectivity index (χ2v) is 11.3. The number of carbonyl (C=O) groups excluding carboxylic acids is 1. The standard InChI is InChI=1S/C24H31ClN2O4S/c1-16-12-22(13-17(2)23(16)25)31-18(3)24(28)27(21-10-11-32(29,30)15-21)14-19-6-8-20(9-7-19)26(4)5/h6-9,12-13,18,21H,10-11,14-15H2,1-5H3/t18-,21+/m1/s1. The zero-order valence-corrected chi connectivity index (χ0v) is 20.8. The maximum Gasteiger partial charge on any atom is 0.263 e.